The molecule has 0 saturated heterocycles. The fourth-order valence-electron chi connectivity index (χ4n) is 2.34. The number of carbonyl (C=O) groups is 2. The molecule has 1 aliphatic carbocycles. The van der Waals surface area contributed by atoms with E-state index < -0.39 is 5.97 Å². The van der Waals surface area contributed by atoms with Gasteiger partial charge in [-0.1, -0.05) is 18.2 Å². The molecule has 0 aliphatic heterocycles. The lowest BCUT2D eigenvalue weighted by Gasteiger charge is -2.05. The van der Waals surface area contributed by atoms with Gasteiger partial charge in [-0.3, -0.25) is 4.79 Å². The number of carboxylic acid groups (broad SMARTS) is 1. The lowest BCUT2D eigenvalue weighted by Crippen LogP contribution is -2.16. The number of aromatic nitrogens is 1. The third-order valence-corrected chi connectivity index (χ3v) is 3.51. The summed E-state index contributed by atoms with van der Waals surface area (Å²) >= 11 is 0. The van der Waals surface area contributed by atoms with Crippen LogP contribution < -0.4 is 5.32 Å². The van der Waals surface area contributed by atoms with E-state index >= 15 is 0 Å². The average Bonchev–Trinajstić information content (AvgIpc) is 3.18. The molecule has 0 atom stereocenters. The van der Waals surface area contributed by atoms with Gasteiger partial charge in [0.2, 0.25) is 5.91 Å². The van der Waals surface area contributed by atoms with Crippen molar-refractivity contribution in [3.63, 3.8) is 0 Å². The van der Waals surface area contributed by atoms with Crippen LogP contribution in [0.5, 0.6) is 0 Å². The van der Waals surface area contributed by atoms with Crippen LogP contribution in [0.1, 0.15) is 23.3 Å². The number of amides is 1. The van der Waals surface area contributed by atoms with Gasteiger partial charge in [-0.15, -0.1) is 0 Å². The first-order chi connectivity index (χ1) is 9.09. The van der Waals surface area contributed by atoms with Gasteiger partial charge in [-0.05, 0) is 18.9 Å². The van der Waals surface area contributed by atoms with E-state index in [4.69, 9.17) is 0 Å². The Morgan fingerprint density at radius 3 is 2.63 bits per heavy atom. The number of carbonyl (C=O) groups excluding carboxylic acids is 1. The third-order valence-electron chi connectivity index (χ3n) is 3.51. The Bertz CT molecular complexity index is 683. The first-order valence-electron chi connectivity index (χ1n) is 6.21. The van der Waals surface area contributed by atoms with E-state index in [1.54, 1.807) is 11.6 Å². The third kappa shape index (κ3) is 1.87. The van der Waals surface area contributed by atoms with Gasteiger partial charge in [-0.25, -0.2) is 4.79 Å². The Morgan fingerprint density at radius 1 is 1.32 bits per heavy atom. The number of para-hydroxylation sites is 1. The molecular weight excluding hydrogens is 244 g/mol. The molecule has 5 heteroatoms. The van der Waals surface area contributed by atoms with Crippen molar-refractivity contribution in [1.29, 1.82) is 0 Å². The van der Waals surface area contributed by atoms with E-state index in [1.807, 2.05) is 24.3 Å². The molecule has 3 rings (SSSR count). The first-order valence-corrected chi connectivity index (χ1v) is 6.21. The second kappa shape index (κ2) is 4.12. The molecule has 1 aromatic heterocycles. The fourth-order valence-corrected chi connectivity index (χ4v) is 2.34. The van der Waals surface area contributed by atoms with Gasteiger partial charge in [0.15, 0.2) is 5.69 Å². The molecule has 1 heterocycles. The summed E-state index contributed by atoms with van der Waals surface area (Å²) in [5.41, 5.74) is 1.32. The molecule has 1 fully saturated rings. The van der Waals surface area contributed by atoms with Gasteiger partial charge in [0, 0.05) is 18.4 Å². The number of benzene rings is 1. The predicted molar refractivity (Wildman–Crippen MR) is 71.2 cm³/mol. The van der Waals surface area contributed by atoms with Crippen molar-refractivity contribution >= 4 is 28.5 Å². The highest BCUT2D eigenvalue weighted by Crippen LogP contribution is 2.34. The van der Waals surface area contributed by atoms with Crippen LogP contribution >= 0.6 is 0 Å². The van der Waals surface area contributed by atoms with Crippen LogP contribution in [0.25, 0.3) is 10.9 Å². The van der Waals surface area contributed by atoms with Crippen molar-refractivity contribution in [2.75, 3.05) is 5.32 Å². The zero-order valence-corrected chi connectivity index (χ0v) is 10.5. The number of aromatic carboxylic acids is 1. The first kappa shape index (κ1) is 11.8. The highest BCUT2D eigenvalue weighted by Gasteiger charge is 2.31. The topological polar surface area (TPSA) is 71.3 Å². The Labute approximate surface area is 109 Å². The standard InChI is InChI=1S/C14H14N2O3/c1-16-10-5-3-2-4-9(10)11(12(16)14(18)19)15-13(17)8-6-7-8/h2-5,8H,6-7H2,1H3,(H,15,17)(H,18,19). The SMILES string of the molecule is Cn1c(C(=O)O)c(NC(=O)C2CC2)c2ccccc21. The van der Waals surface area contributed by atoms with Crippen molar-refractivity contribution < 1.29 is 14.7 Å². The van der Waals surface area contributed by atoms with E-state index in [0.717, 1.165) is 23.7 Å². The van der Waals surface area contributed by atoms with Gasteiger partial charge in [0.25, 0.3) is 0 Å². The van der Waals surface area contributed by atoms with Crippen LogP contribution in [0.2, 0.25) is 0 Å². The number of nitrogens with one attached hydrogen (secondary N) is 1. The van der Waals surface area contributed by atoms with Crippen LogP contribution in [0.3, 0.4) is 0 Å². The van der Waals surface area contributed by atoms with Crippen molar-refractivity contribution in [3.8, 4) is 0 Å². The molecular formula is C14H14N2O3. The second-order valence-corrected chi connectivity index (χ2v) is 4.87. The number of fused-ring (bicyclic) bond motifs is 1. The van der Waals surface area contributed by atoms with Crippen molar-refractivity contribution in [2.24, 2.45) is 13.0 Å². The van der Waals surface area contributed by atoms with Crippen LogP contribution in [0.4, 0.5) is 5.69 Å². The molecule has 2 aromatic rings. The van der Waals surface area contributed by atoms with Gasteiger partial charge < -0.3 is 15.0 Å². The van der Waals surface area contributed by atoms with E-state index in [1.165, 1.54) is 0 Å². The predicted octanol–water partition coefficient (Wildman–Crippen LogP) is 2.22. The number of aryl methyl sites for hydroxylation is 1. The molecule has 0 spiro atoms. The molecule has 0 bridgehead atoms. The Balaban J connectivity index is 2.16. The van der Waals surface area contributed by atoms with Crippen molar-refractivity contribution in [2.45, 2.75) is 12.8 Å². The Hall–Kier alpha value is -2.30. The fraction of sp³-hybridized carbons (Fsp3) is 0.286. The summed E-state index contributed by atoms with van der Waals surface area (Å²) in [4.78, 5) is 23.3. The largest absolute Gasteiger partial charge is 0.477 e. The van der Waals surface area contributed by atoms with Gasteiger partial charge >= 0.3 is 5.97 Å². The lowest BCUT2D eigenvalue weighted by molar-refractivity contribution is -0.117. The smallest absolute Gasteiger partial charge is 0.354 e. The van der Waals surface area contributed by atoms with Crippen LogP contribution in [0.15, 0.2) is 24.3 Å². The highest BCUT2D eigenvalue weighted by molar-refractivity contribution is 6.11. The quantitative estimate of drug-likeness (QED) is 0.886. The van der Waals surface area contributed by atoms with Crippen LogP contribution in [-0.4, -0.2) is 21.6 Å². The maximum Gasteiger partial charge on any atom is 0.354 e. The number of nitrogens with zero attached hydrogens (tertiary/aromatic N) is 1. The van der Waals surface area contributed by atoms with Crippen molar-refractivity contribution in [1.82, 2.24) is 4.57 Å². The van der Waals surface area contributed by atoms with Crippen LogP contribution in [0, 0.1) is 5.92 Å². The monoisotopic (exact) mass is 258 g/mol. The number of anilines is 1. The number of hydrogen-bond donors (Lipinski definition) is 2. The van der Waals surface area contributed by atoms with E-state index in [0.29, 0.717) is 5.69 Å². The molecule has 1 saturated carbocycles. The maximum absolute atomic E-state index is 11.9. The summed E-state index contributed by atoms with van der Waals surface area (Å²) in [5, 5.41) is 12.9. The second-order valence-electron chi connectivity index (χ2n) is 4.87. The summed E-state index contributed by atoms with van der Waals surface area (Å²) in [6, 6.07) is 7.35. The molecule has 1 aliphatic rings. The minimum absolute atomic E-state index is 0.0422. The zero-order valence-electron chi connectivity index (χ0n) is 10.5. The Morgan fingerprint density at radius 2 is 2.00 bits per heavy atom. The summed E-state index contributed by atoms with van der Waals surface area (Å²) in [6.45, 7) is 0. The maximum atomic E-state index is 11.9. The molecule has 1 aromatic carbocycles. The number of carboxylic acids is 1. The minimum Gasteiger partial charge on any atom is -0.477 e. The van der Waals surface area contributed by atoms with E-state index in [9.17, 15) is 14.7 Å². The molecule has 5 nitrogen and oxygen atoms in total. The summed E-state index contributed by atoms with van der Waals surface area (Å²) in [5.74, 6) is -1.08. The molecule has 2 N–H and O–H groups in total. The molecule has 1 amide bonds. The Kier molecular flexibility index (Phi) is 2.55. The highest BCUT2D eigenvalue weighted by atomic mass is 16.4. The van der Waals surface area contributed by atoms with E-state index in [-0.39, 0.29) is 17.5 Å². The van der Waals surface area contributed by atoms with Crippen LogP contribution in [-0.2, 0) is 11.8 Å². The molecule has 0 unspecified atom stereocenters. The average molecular weight is 258 g/mol. The van der Waals surface area contributed by atoms with Gasteiger partial charge in [0.1, 0.15) is 0 Å². The summed E-state index contributed by atoms with van der Waals surface area (Å²) < 4.78 is 1.60. The zero-order chi connectivity index (χ0) is 13.6. The lowest BCUT2D eigenvalue weighted by atomic mass is 10.2. The summed E-state index contributed by atoms with van der Waals surface area (Å²) in [7, 11) is 1.69. The molecule has 0 radical (unpaired) electrons. The minimum atomic E-state index is -1.04. The summed E-state index contributed by atoms with van der Waals surface area (Å²) in [6.07, 6.45) is 1.78. The molecule has 98 valence electrons. The molecule has 19 heavy (non-hydrogen) atoms. The van der Waals surface area contributed by atoms with Crippen molar-refractivity contribution in [3.05, 3.63) is 30.0 Å². The normalized spacial score (nSPS) is 14.6. The van der Waals surface area contributed by atoms with Gasteiger partial charge in [-0.2, -0.15) is 0 Å². The number of hydrogen-bond acceptors (Lipinski definition) is 2. The number of rotatable bonds is 3. The van der Waals surface area contributed by atoms with Gasteiger partial charge in [0.05, 0.1) is 11.2 Å². The van der Waals surface area contributed by atoms with E-state index in [2.05, 4.69) is 5.32 Å².